The molecule has 0 atom stereocenters. The first-order chi connectivity index (χ1) is 15.9. The van der Waals surface area contributed by atoms with Crippen LogP contribution in [0, 0.1) is 5.82 Å². The van der Waals surface area contributed by atoms with Crippen molar-refractivity contribution >= 4 is 46.1 Å². The molecule has 0 aliphatic carbocycles. The fourth-order valence-corrected chi connectivity index (χ4v) is 4.03. The number of piperidine rings is 1. The number of ether oxygens (including phenoxy) is 1. The Hall–Kier alpha value is -3.11. The van der Waals surface area contributed by atoms with Gasteiger partial charge in [0.15, 0.2) is 5.82 Å². The first-order valence-corrected chi connectivity index (χ1v) is 11.1. The molecule has 1 aromatic carbocycles. The van der Waals surface area contributed by atoms with Crippen LogP contribution in [-0.4, -0.2) is 70.1 Å². The normalized spacial score (nSPS) is 14.6. The van der Waals surface area contributed by atoms with E-state index in [1.165, 1.54) is 18.5 Å². The Morgan fingerprint density at radius 2 is 2.09 bits per heavy atom. The third-order valence-electron chi connectivity index (χ3n) is 5.60. The topological polar surface area (TPSA) is 96.4 Å². The van der Waals surface area contributed by atoms with Gasteiger partial charge in [-0.25, -0.2) is 24.3 Å². The molecule has 11 heteroatoms. The summed E-state index contributed by atoms with van der Waals surface area (Å²) in [5, 5.41) is 3.15. The van der Waals surface area contributed by atoms with Gasteiger partial charge in [0.25, 0.3) is 0 Å². The number of carbonyl (C=O) groups is 1. The van der Waals surface area contributed by atoms with Crippen LogP contribution in [0.3, 0.4) is 0 Å². The van der Waals surface area contributed by atoms with Crippen LogP contribution in [0.2, 0.25) is 5.02 Å². The predicted molar refractivity (Wildman–Crippen MR) is 124 cm³/mol. The van der Waals surface area contributed by atoms with Crippen LogP contribution in [0.5, 0.6) is 0 Å². The predicted octanol–water partition coefficient (Wildman–Crippen LogP) is 3.42. The summed E-state index contributed by atoms with van der Waals surface area (Å²) in [6, 6.07) is 4.64. The highest BCUT2D eigenvalue weighted by atomic mass is 35.5. The smallest absolute Gasteiger partial charge is 0.320 e. The maximum Gasteiger partial charge on any atom is 0.320 e. The third-order valence-corrected chi connectivity index (χ3v) is 5.89. The summed E-state index contributed by atoms with van der Waals surface area (Å²) in [5.41, 5.74) is 1.74. The molecule has 0 radical (unpaired) electrons. The summed E-state index contributed by atoms with van der Waals surface area (Å²) in [5.74, 6) is 0.373. The zero-order chi connectivity index (χ0) is 23.4. The number of esters is 1. The van der Waals surface area contributed by atoms with E-state index in [2.05, 4.69) is 25.2 Å². The van der Waals surface area contributed by atoms with Crippen LogP contribution in [0.1, 0.15) is 19.8 Å². The average Bonchev–Trinajstić information content (AvgIpc) is 2.81. The highest BCUT2D eigenvalue weighted by Gasteiger charge is 2.25. The molecular weight excluding hydrogens is 449 g/mol. The number of hydrogen-bond acceptors (Lipinski definition) is 9. The number of anilines is 3. The van der Waals surface area contributed by atoms with E-state index in [1.807, 2.05) is 11.9 Å². The standard InChI is InChI=1S/C22H25ClFN7O2/c1-3-33-19(32)12-30(2)15-6-8-31(9-7-15)22-25-11-18-20(29-22)21(27-13-26-18)28-14-4-5-17(24)16(23)10-14/h4-5,10-11,13,15H,3,6-9,12H2,1-2H3,(H,26,27,28). The Labute approximate surface area is 196 Å². The minimum atomic E-state index is -0.490. The lowest BCUT2D eigenvalue weighted by Crippen LogP contribution is -2.45. The zero-order valence-electron chi connectivity index (χ0n) is 18.5. The Bertz CT molecular complexity index is 1140. The highest BCUT2D eigenvalue weighted by Crippen LogP contribution is 2.26. The van der Waals surface area contributed by atoms with Crippen LogP contribution in [0.15, 0.2) is 30.7 Å². The number of halogens is 2. The molecular formula is C22H25ClFN7O2. The van der Waals surface area contributed by atoms with E-state index in [-0.39, 0.29) is 23.6 Å². The maximum absolute atomic E-state index is 13.5. The van der Waals surface area contributed by atoms with E-state index in [0.29, 0.717) is 35.1 Å². The number of nitrogens with zero attached hydrogens (tertiary/aromatic N) is 6. The van der Waals surface area contributed by atoms with Crippen LogP contribution < -0.4 is 10.2 Å². The SMILES string of the molecule is CCOC(=O)CN(C)C1CCN(c2ncc3ncnc(Nc4ccc(F)c(Cl)c4)c3n2)CC1. The van der Waals surface area contributed by atoms with Crippen molar-refractivity contribution in [1.82, 2.24) is 24.8 Å². The molecule has 1 N–H and O–H groups in total. The van der Waals surface area contributed by atoms with E-state index in [9.17, 15) is 9.18 Å². The van der Waals surface area contributed by atoms with Gasteiger partial charge in [-0.3, -0.25) is 9.69 Å². The second-order valence-corrected chi connectivity index (χ2v) is 8.23. The Balaban J connectivity index is 1.47. The molecule has 9 nitrogen and oxygen atoms in total. The van der Waals surface area contributed by atoms with Gasteiger partial charge in [0, 0.05) is 24.8 Å². The molecule has 1 aliphatic heterocycles. The first kappa shape index (κ1) is 23.1. The second-order valence-electron chi connectivity index (χ2n) is 7.82. The van der Waals surface area contributed by atoms with Crippen molar-refractivity contribution in [3.8, 4) is 0 Å². The van der Waals surface area contributed by atoms with E-state index >= 15 is 0 Å². The Kier molecular flexibility index (Phi) is 7.14. The molecule has 3 aromatic rings. The van der Waals surface area contributed by atoms with Gasteiger partial charge in [-0.05, 0) is 45.0 Å². The van der Waals surface area contributed by atoms with E-state index in [0.717, 1.165) is 25.9 Å². The molecule has 174 valence electrons. The van der Waals surface area contributed by atoms with Crippen molar-refractivity contribution < 1.29 is 13.9 Å². The molecule has 3 heterocycles. The number of carbonyl (C=O) groups excluding carboxylic acids is 1. The minimum Gasteiger partial charge on any atom is -0.465 e. The number of benzene rings is 1. The van der Waals surface area contributed by atoms with Gasteiger partial charge in [0.2, 0.25) is 5.95 Å². The number of fused-ring (bicyclic) bond motifs is 1. The van der Waals surface area contributed by atoms with E-state index in [4.69, 9.17) is 21.3 Å². The van der Waals surface area contributed by atoms with Crippen molar-refractivity contribution in [1.29, 1.82) is 0 Å². The largest absolute Gasteiger partial charge is 0.465 e. The number of likely N-dealkylation sites (N-methyl/N-ethyl adjacent to an activating group) is 1. The lowest BCUT2D eigenvalue weighted by Gasteiger charge is -2.36. The molecule has 0 bridgehead atoms. The molecule has 0 spiro atoms. The quantitative estimate of drug-likeness (QED) is 0.517. The highest BCUT2D eigenvalue weighted by molar-refractivity contribution is 6.31. The molecule has 1 saturated heterocycles. The molecule has 0 saturated carbocycles. The third kappa shape index (κ3) is 5.45. The van der Waals surface area contributed by atoms with Crippen molar-refractivity contribution in [3.63, 3.8) is 0 Å². The number of nitrogens with one attached hydrogen (secondary N) is 1. The number of rotatable bonds is 7. The first-order valence-electron chi connectivity index (χ1n) is 10.7. The van der Waals surface area contributed by atoms with Gasteiger partial charge >= 0.3 is 5.97 Å². The van der Waals surface area contributed by atoms with Crippen molar-refractivity contribution in [3.05, 3.63) is 41.6 Å². The van der Waals surface area contributed by atoms with Crippen LogP contribution in [-0.2, 0) is 9.53 Å². The molecule has 33 heavy (non-hydrogen) atoms. The lowest BCUT2D eigenvalue weighted by molar-refractivity contribution is -0.144. The Morgan fingerprint density at radius 3 is 2.82 bits per heavy atom. The van der Waals surface area contributed by atoms with Crippen LogP contribution in [0.4, 0.5) is 21.8 Å². The zero-order valence-corrected chi connectivity index (χ0v) is 19.2. The number of hydrogen-bond donors (Lipinski definition) is 1. The summed E-state index contributed by atoms with van der Waals surface area (Å²) < 4.78 is 18.5. The molecule has 1 aliphatic rings. The monoisotopic (exact) mass is 473 g/mol. The Morgan fingerprint density at radius 1 is 1.30 bits per heavy atom. The summed E-state index contributed by atoms with van der Waals surface area (Å²) in [4.78, 5) is 33.7. The van der Waals surface area contributed by atoms with Gasteiger partial charge in [0.05, 0.1) is 24.4 Å². The minimum absolute atomic E-state index is 0.0180. The fraction of sp³-hybridized carbons (Fsp3) is 0.409. The number of aromatic nitrogens is 4. The van der Waals surface area contributed by atoms with Gasteiger partial charge < -0.3 is 15.0 Å². The molecule has 1 fully saturated rings. The van der Waals surface area contributed by atoms with Gasteiger partial charge in [-0.2, -0.15) is 0 Å². The summed E-state index contributed by atoms with van der Waals surface area (Å²) in [6.45, 7) is 3.99. The summed E-state index contributed by atoms with van der Waals surface area (Å²) in [6.07, 6.45) is 4.84. The van der Waals surface area contributed by atoms with E-state index < -0.39 is 5.82 Å². The van der Waals surface area contributed by atoms with Crippen LogP contribution >= 0.6 is 11.6 Å². The second kappa shape index (κ2) is 10.2. The van der Waals surface area contributed by atoms with Gasteiger partial charge in [0.1, 0.15) is 23.2 Å². The van der Waals surface area contributed by atoms with Crippen molar-refractivity contribution in [2.45, 2.75) is 25.8 Å². The molecule has 4 rings (SSSR count). The maximum atomic E-state index is 13.5. The van der Waals surface area contributed by atoms with Crippen molar-refractivity contribution in [2.24, 2.45) is 0 Å². The molecule has 0 unspecified atom stereocenters. The van der Waals surface area contributed by atoms with Crippen molar-refractivity contribution in [2.75, 3.05) is 43.5 Å². The van der Waals surface area contributed by atoms with Gasteiger partial charge in [-0.15, -0.1) is 0 Å². The summed E-state index contributed by atoms with van der Waals surface area (Å²) >= 11 is 5.89. The van der Waals surface area contributed by atoms with E-state index in [1.54, 1.807) is 19.2 Å². The summed E-state index contributed by atoms with van der Waals surface area (Å²) in [7, 11) is 1.95. The molecule has 0 amide bonds. The average molecular weight is 474 g/mol. The lowest BCUT2D eigenvalue weighted by atomic mass is 10.0. The molecule has 2 aromatic heterocycles. The van der Waals surface area contributed by atoms with Gasteiger partial charge in [-0.1, -0.05) is 11.6 Å². The van der Waals surface area contributed by atoms with Crippen LogP contribution in [0.25, 0.3) is 11.0 Å². The fourth-order valence-electron chi connectivity index (χ4n) is 3.85.